The van der Waals surface area contributed by atoms with Crippen LogP contribution in [-0.2, 0) is 14.2 Å². The van der Waals surface area contributed by atoms with E-state index < -0.39 is 0 Å². The van der Waals surface area contributed by atoms with Gasteiger partial charge >= 0.3 is 5.24 Å². The monoisotopic (exact) mass is 306 g/mol. The highest BCUT2D eigenvalue weighted by Crippen LogP contribution is 2.38. The second kappa shape index (κ2) is 7.78. The van der Waals surface area contributed by atoms with Gasteiger partial charge in [0, 0.05) is 32.4 Å². The predicted molar refractivity (Wildman–Crippen MR) is 84.8 cm³/mol. The van der Waals surface area contributed by atoms with Crippen molar-refractivity contribution in [1.29, 1.82) is 0 Å². The molecule has 112 valence electrons. The van der Waals surface area contributed by atoms with Crippen LogP contribution in [0.3, 0.4) is 0 Å². The Morgan fingerprint density at radius 3 is 2.57 bits per heavy atom. The molecule has 0 bridgehead atoms. The van der Waals surface area contributed by atoms with Crippen LogP contribution >= 0.6 is 12.2 Å². The molecule has 0 amide bonds. The maximum Gasteiger partial charge on any atom is 0.358 e. The minimum atomic E-state index is -0.327. The summed E-state index contributed by atoms with van der Waals surface area (Å²) in [5, 5.41) is 0.0572. The van der Waals surface area contributed by atoms with Crippen LogP contribution in [0, 0.1) is 5.92 Å². The lowest BCUT2D eigenvalue weighted by atomic mass is 9.83. The average molecular weight is 306 g/mol. The quantitative estimate of drug-likeness (QED) is 0.617. The fourth-order valence-electron chi connectivity index (χ4n) is 2.71. The molecule has 4 atom stereocenters. The maximum atomic E-state index is 6.13. The van der Waals surface area contributed by atoms with Gasteiger partial charge in [-0.3, -0.25) is 0 Å². The molecule has 6 heteroatoms. The lowest BCUT2D eigenvalue weighted by Crippen LogP contribution is -2.35. The lowest BCUT2D eigenvalue weighted by Gasteiger charge is -2.25. The third kappa shape index (κ3) is 4.19. The molecule has 0 heterocycles. The summed E-state index contributed by atoms with van der Waals surface area (Å²) in [6.45, 7) is 0.582. The Bertz CT molecular complexity index is 456. The van der Waals surface area contributed by atoms with Crippen LogP contribution < -0.4 is 4.74 Å². The first-order valence-electron chi connectivity index (χ1n) is 6.86. The number of para-hydroxylation sites is 1. The summed E-state index contributed by atoms with van der Waals surface area (Å²) in [6.07, 6.45) is 0.286. The van der Waals surface area contributed by atoms with E-state index in [2.05, 4.69) is 0 Å². The average Bonchev–Trinajstić information content (AvgIpc) is 2.76. The van der Waals surface area contributed by atoms with Crippen LogP contribution in [0.25, 0.3) is 0 Å². The molecule has 4 nitrogen and oxygen atoms in total. The molecule has 0 aliphatic heterocycles. The molecule has 2 rings (SSSR count). The Labute approximate surface area is 132 Å². The number of thiocarbonyl (C=S) groups is 1. The number of methoxy groups -OCH3 is 2. The molecule has 0 saturated heterocycles. The molecular formula is C15H19BO4S. The van der Waals surface area contributed by atoms with E-state index in [1.165, 1.54) is 0 Å². The number of hydrogen-bond donors (Lipinski definition) is 0. The predicted octanol–water partition coefficient (Wildman–Crippen LogP) is 2.37. The van der Waals surface area contributed by atoms with Crippen molar-refractivity contribution in [2.24, 2.45) is 5.92 Å². The number of hydrogen-bond acceptors (Lipinski definition) is 5. The maximum absolute atomic E-state index is 6.13. The molecule has 1 unspecified atom stereocenters. The van der Waals surface area contributed by atoms with Gasteiger partial charge in [-0.15, -0.1) is 0 Å². The van der Waals surface area contributed by atoms with Crippen molar-refractivity contribution in [1.82, 2.24) is 0 Å². The zero-order valence-electron chi connectivity index (χ0n) is 12.2. The van der Waals surface area contributed by atoms with Gasteiger partial charge in [0.2, 0.25) is 0 Å². The minimum absolute atomic E-state index is 0.0572. The first kappa shape index (κ1) is 16.3. The molecule has 1 aromatic rings. The molecule has 2 radical (unpaired) electrons. The third-order valence-corrected chi connectivity index (χ3v) is 3.79. The normalized spacial score (nSPS) is 28.3. The molecule has 1 aliphatic carbocycles. The van der Waals surface area contributed by atoms with Crippen molar-refractivity contribution in [3.63, 3.8) is 0 Å². The van der Waals surface area contributed by atoms with E-state index in [1.54, 1.807) is 14.2 Å². The SMILES string of the molecule is [B][C@@H]1C[C@H](COC)[C@@H](OC)C1OC(=S)Oc1ccccc1. The third-order valence-electron chi connectivity index (χ3n) is 3.61. The summed E-state index contributed by atoms with van der Waals surface area (Å²) in [4.78, 5) is 0. The molecule has 0 spiro atoms. The first-order valence-corrected chi connectivity index (χ1v) is 7.27. The van der Waals surface area contributed by atoms with Gasteiger partial charge in [-0.1, -0.05) is 18.2 Å². The topological polar surface area (TPSA) is 36.9 Å². The van der Waals surface area contributed by atoms with Gasteiger partial charge in [-0.2, -0.15) is 0 Å². The summed E-state index contributed by atoms with van der Waals surface area (Å²) in [7, 11) is 9.44. The smallest absolute Gasteiger partial charge is 0.358 e. The molecule has 1 aliphatic rings. The van der Waals surface area contributed by atoms with Gasteiger partial charge < -0.3 is 18.9 Å². The van der Waals surface area contributed by atoms with Gasteiger partial charge in [0.25, 0.3) is 0 Å². The van der Waals surface area contributed by atoms with Crippen LogP contribution in [-0.4, -0.2) is 46.1 Å². The van der Waals surface area contributed by atoms with E-state index in [0.717, 1.165) is 6.42 Å². The molecule has 1 aromatic carbocycles. The van der Waals surface area contributed by atoms with Crippen molar-refractivity contribution < 1.29 is 18.9 Å². The van der Waals surface area contributed by atoms with Crippen molar-refractivity contribution >= 4 is 25.3 Å². The van der Waals surface area contributed by atoms with Crippen LogP contribution in [0.1, 0.15) is 6.42 Å². The van der Waals surface area contributed by atoms with Crippen LogP contribution in [0.15, 0.2) is 30.3 Å². The first-order chi connectivity index (χ1) is 10.2. The summed E-state index contributed by atoms with van der Waals surface area (Å²) in [5.41, 5.74) is 0. The Balaban J connectivity index is 1.95. The van der Waals surface area contributed by atoms with E-state index in [-0.39, 0.29) is 29.2 Å². The minimum Gasteiger partial charge on any atom is -0.451 e. The van der Waals surface area contributed by atoms with Crippen LogP contribution in [0.4, 0.5) is 0 Å². The van der Waals surface area contributed by atoms with E-state index in [9.17, 15) is 0 Å². The second-order valence-corrected chi connectivity index (χ2v) is 5.40. The lowest BCUT2D eigenvalue weighted by molar-refractivity contribution is -0.0281. The van der Waals surface area contributed by atoms with Gasteiger partial charge in [-0.05, 0) is 24.4 Å². The van der Waals surface area contributed by atoms with E-state index in [4.69, 9.17) is 39.0 Å². The Hall–Kier alpha value is -1.11. The standard InChI is InChI=1S/C15H19BO4S/c1-17-9-10-8-12(16)14(13(10)18-2)20-15(21)19-11-6-4-3-5-7-11/h3-7,10,12-14H,8-9H2,1-2H3/t10-,12-,13-,14?/m1/s1. The zero-order valence-corrected chi connectivity index (χ0v) is 13.0. The molecule has 1 saturated carbocycles. The second-order valence-electron chi connectivity index (χ2n) is 5.06. The Morgan fingerprint density at radius 2 is 1.95 bits per heavy atom. The highest BCUT2D eigenvalue weighted by molar-refractivity contribution is 7.79. The van der Waals surface area contributed by atoms with Crippen LogP contribution in [0.2, 0.25) is 5.82 Å². The Kier molecular flexibility index (Phi) is 6.02. The largest absolute Gasteiger partial charge is 0.451 e. The van der Waals surface area contributed by atoms with Gasteiger partial charge in [0.05, 0.1) is 20.6 Å². The van der Waals surface area contributed by atoms with E-state index >= 15 is 0 Å². The zero-order chi connectivity index (χ0) is 15.2. The fraction of sp³-hybridized carbons (Fsp3) is 0.533. The molecule has 1 fully saturated rings. The molecule has 0 aromatic heterocycles. The molecular weight excluding hydrogens is 287 g/mol. The highest BCUT2D eigenvalue weighted by Gasteiger charge is 2.43. The molecule has 0 N–H and O–H groups in total. The number of ether oxygens (including phenoxy) is 4. The van der Waals surface area contributed by atoms with Gasteiger partial charge in [0.1, 0.15) is 11.9 Å². The summed E-state index contributed by atoms with van der Waals surface area (Å²) >= 11 is 5.14. The highest BCUT2D eigenvalue weighted by atomic mass is 32.1. The Morgan fingerprint density at radius 1 is 1.24 bits per heavy atom. The number of rotatable bonds is 5. The van der Waals surface area contributed by atoms with Crippen molar-refractivity contribution in [2.45, 2.75) is 24.4 Å². The van der Waals surface area contributed by atoms with Crippen LogP contribution in [0.5, 0.6) is 5.75 Å². The van der Waals surface area contributed by atoms with Crippen molar-refractivity contribution in [3.8, 4) is 5.75 Å². The van der Waals surface area contributed by atoms with Crippen molar-refractivity contribution in [3.05, 3.63) is 30.3 Å². The summed E-state index contributed by atoms with van der Waals surface area (Å²) in [5.74, 6) is 0.670. The van der Waals surface area contributed by atoms with Crippen molar-refractivity contribution in [2.75, 3.05) is 20.8 Å². The summed E-state index contributed by atoms with van der Waals surface area (Å²) < 4.78 is 21.9. The summed E-state index contributed by atoms with van der Waals surface area (Å²) in [6, 6.07) is 9.26. The van der Waals surface area contributed by atoms with E-state index in [0.29, 0.717) is 12.4 Å². The fourth-order valence-corrected chi connectivity index (χ4v) is 2.91. The number of benzene rings is 1. The van der Waals surface area contributed by atoms with Gasteiger partial charge in [-0.25, -0.2) is 0 Å². The molecule has 21 heavy (non-hydrogen) atoms. The van der Waals surface area contributed by atoms with E-state index in [1.807, 2.05) is 30.3 Å². The van der Waals surface area contributed by atoms with Gasteiger partial charge in [0.15, 0.2) is 0 Å².